The molecule has 0 atom stereocenters. The summed E-state index contributed by atoms with van der Waals surface area (Å²) in [5.74, 6) is -0.0517. The molecule has 1 aromatic heterocycles. The Bertz CT molecular complexity index is 1130. The molecule has 0 bridgehead atoms. The fraction of sp³-hybridized carbons (Fsp3) is 0.286. The SMILES string of the molecule is CC(C)CCn1c(=O)c2ccccc2n(CC(=O)Nc2ccccc2Cl)c1=O. The Morgan fingerprint density at radius 2 is 1.71 bits per heavy atom. The van der Waals surface area contributed by atoms with E-state index in [0.29, 0.717) is 40.5 Å². The average molecular weight is 400 g/mol. The van der Waals surface area contributed by atoms with Crippen LogP contribution in [0.4, 0.5) is 5.69 Å². The van der Waals surface area contributed by atoms with E-state index in [1.807, 2.05) is 13.8 Å². The molecule has 1 heterocycles. The minimum Gasteiger partial charge on any atom is -0.323 e. The first-order chi connectivity index (χ1) is 13.4. The largest absolute Gasteiger partial charge is 0.331 e. The molecule has 0 radical (unpaired) electrons. The summed E-state index contributed by atoms with van der Waals surface area (Å²) in [6.45, 7) is 4.15. The Hall–Kier alpha value is -2.86. The third-order valence-electron chi connectivity index (χ3n) is 4.51. The van der Waals surface area contributed by atoms with Crippen LogP contribution in [-0.2, 0) is 17.9 Å². The van der Waals surface area contributed by atoms with Crippen LogP contribution in [0, 0.1) is 5.92 Å². The van der Waals surface area contributed by atoms with Gasteiger partial charge in [0.25, 0.3) is 5.56 Å². The van der Waals surface area contributed by atoms with E-state index >= 15 is 0 Å². The van der Waals surface area contributed by atoms with Crippen molar-refractivity contribution in [2.24, 2.45) is 5.92 Å². The molecule has 1 amide bonds. The number of aromatic nitrogens is 2. The number of halogens is 1. The Kier molecular flexibility index (Phi) is 5.99. The summed E-state index contributed by atoms with van der Waals surface area (Å²) < 4.78 is 2.55. The molecule has 0 aliphatic rings. The van der Waals surface area contributed by atoms with Crippen molar-refractivity contribution < 1.29 is 4.79 Å². The zero-order valence-electron chi connectivity index (χ0n) is 15.8. The number of benzene rings is 2. The predicted octanol–water partition coefficient (Wildman–Crippen LogP) is 3.50. The van der Waals surface area contributed by atoms with E-state index in [2.05, 4.69) is 5.32 Å². The molecule has 0 saturated heterocycles. The maximum Gasteiger partial charge on any atom is 0.331 e. The minimum atomic E-state index is -0.487. The lowest BCUT2D eigenvalue weighted by atomic mass is 10.1. The Morgan fingerprint density at radius 1 is 1.04 bits per heavy atom. The van der Waals surface area contributed by atoms with Gasteiger partial charge in [0, 0.05) is 6.54 Å². The maximum absolute atomic E-state index is 13.0. The molecule has 2 aromatic carbocycles. The van der Waals surface area contributed by atoms with Crippen molar-refractivity contribution in [1.29, 1.82) is 0 Å². The summed E-state index contributed by atoms with van der Waals surface area (Å²) in [6, 6.07) is 13.7. The number of fused-ring (bicyclic) bond motifs is 1. The second-order valence-corrected chi connectivity index (χ2v) is 7.46. The van der Waals surface area contributed by atoms with Crippen LogP contribution in [0.5, 0.6) is 0 Å². The van der Waals surface area contributed by atoms with Gasteiger partial charge in [-0.25, -0.2) is 4.79 Å². The number of hydrogen-bond acceptors (Lipinski definition) is 3. The number of nitrogens with zero attached hydrogens (tertiary/aromatic N) is 2. The fourth-order valence-electron chi connectivity index (χ4n) is 3.00. The van der Waals surface area contributed by atoms with Crippen LogP contribution >= 0.6 is 11.6 Å². The first-order valence-corrected chi connectivity index (χ1v) is 9.53. The van der Waals surface area contributed by atoms with E-state index in [-0.39, 0.29) is 12.1 Å². The number of para-hydroxylation sites is 2. The lowest BCUT2D eigenvalue weighted by Gasteiger charge is -2.15. The number of hydrogen-bond donors (Lipinski definition) is 1. The molecule has 0 aliphatic carbocycles. The molecule has 146 valence electrons. The molecule has 7 heteroatoms. The van der Waals surface area contributed by atoms with Crippen LogP contribution in [0.15, 0.2) is 58.1 Å². The van der Waals surface area contributed by atoms with Gasteiger partial charge < -0.3 is 5.32 Å². The molecule has 0 spiro atoms. The van der Waals surface area contributed by atoms with Crippen LogP contribution in [0.25, 0.3) is 10.9 Å². The van der Waals surface area contributed by atoms with E-state index in [1.165, 1.54) is 9.13 Å². The minimum absolute atomic E-state index is 0.216. The third-order valence-corrected chi connectivity index (χ3v) is 4.84. The molecular formula is C21H22ClN3O3. The van der Waals surface area contributed by atoms with Gasteiger partial charge in [-0.2, -0.15) is 0 Å². The third kappa shape index (κ3) is 4.17. The monoisotopic (exact) mass is 399 g/mol. The van der Waals surface area contributed by atoms with Gasteiger partial charge in [0.05, 0.1) is 21.6 Å². The molecule has 0 saturated carbocycles. The van der Waals surface area contributed by atoms with E-state index < -0.39 is 11.6 Å². The van der Waals surface area contributed by atoms with Gasteiger partial charge in [-0.3, -0.25) is 18.7 Å². The molecule has 28 heavy (non-hydrogen) atoms. The van der Waals surface area contributed by atoms with Crippen LogP contribution in [0.2, 0.25) is 5.02 Å². The van der Waals surface area contributed by atoms with E-state index in [9.17, 15) is 14.4 Å². The molecule has 0 unspecified atom stereocenters. The zero-order valence-corrected chi connectivity index (χ0v) is 16.6. The number of anilines is 1. The number of carbonyl (C=O) groups is 1. The number of carbonyl (C=O) groups excluding carboxylic acids is 1. The van der Waals surface area contributed by atoms with Crippen molar-refractivity contribution in [2.45, 2.75) is 33.4 Å². The summed E-state index contributed by atoms with van der Waals surface area (Å²) in [7, 11) is 0. The van der Waals surface area contributed by atoms with Gasteiger partial charge in [-0.15, -0.1) is 0 Å². The van der Waals surface area contributed by atoms with Crippen molar-refractivity contribution >= 4 is 34.1 Å². The van der Waals surface area contributed by atoms with Gasteiger partial charge in [0.15, 0.2) is 0 Å². The predicted molar refractivity (Wildman–Crippen MR) is 112 cm³/mol. The first kappa shape index (κ1) is 19.9. The highest BCUT2D eigenvalue weighted by atomic mass is 35.5. The van der Waals surface area contributed by atoms with Gasteiger partial charge in [0.1, 0.15) is 6.54 Å². The van der Waals surface area contributed by atoms with Gasteiger partial charge in [0.2, 0.25) is 5.91 Å². The van der Waals surface area contributed by atoms with E-state index in [0.717, 1.165) is 0 Å². The Labute approximate surface area is 167 Å². The van der Waals surface area contributed by atoms with Crippen LogP contribution in [-0.4, -0.2) is 15.0 Å². The summed E-state index contributed by atoms with van der Waals surface area (Å²) >= 11 is 6.09. The number of nitrogens with one attached hydrogen (secondary N) is 1. The lowest BCUT2D eigenvalue weighted by molar-refractivity contribution is -0.116. The Morgan fingerprint density at radius 3 is 2.43 bits per heavy atom. The van der Waals surface area contributed by atoms with E-state index in [1.54, 1.807) is 48.5 Å². The van der Waals surface area contributed by atoms with Crippen LogP contribution in [0.1, 0.15) is 20.3 Å². The number of amides is 1. The summed E-state index contributed by atoms with van der Waals surface area (Å²) in [5, 5.41) is 3.54. The van der Waals surface area contributed by atoms with Crippen molar-refractivity contribution in [3.8, 4) is 0 Å². The summed E-state index contributed by atoms with van der Waals surface area (Å²) in [6.07, 6.45) is 0.694. The molecule has 3 aromatic rings. The number of rotatable bonds is 6. The second-order valence-electron chi connectivity index (χ2n) is 7.05. The maximum atomic E-state index is 13.0. The molecule has 1 N–H and O–H groups in total. The van der Waals surface area contributed by atoms with Gasteiger partial charge in [-0.1, -0.05) is 49.7 Å². The van der Waals surface area contributed by atoms with E-state index in [4.69, 9.17) is 11.6 Å². The quantitative estimate of drug-likeness (QED) is 0.689. The highest BCUT2D eigenvalue weighted by Gasteiger charge is 2.16. The topological polar surface area (TPSA) is 73.1 Å². The first-order valence-electron chi connectivity index (χ1n) is 9.15. The normalized spacial score (nSPS) is 11.1. The molecular weight excluding hydrogens is 378 g/mol. The molecule has 3 rings (SSSR count). The van der Waals surface area contributed by atoms with Crippen molar-refractivity contribution in [3.63, 3.8) is 0 Å². The molecule has 6 nitrogen and oxygen atoms in total. The smallest absolute Gasteiger partial charge is 0.323 e. The van der Waals surface area contributed by atoms with Crippen LogP contribution < -0.4 is 16.6 Å². The fourth-order valence-corrected chi connectivity index (χ4v) is 3.19. The highest BCUT2D eigenvalue weighted by molar-refractivity contribution is 6.33. The highest BCUT2D eigenvalue weighted by Crippen LogP contribution is 2.20. The summed E-state index contributed by atoms with van der Waals surface area (Å²) in [4.78, 5) is 38.3. The zero-order chi connectivity index (χ0) is 20.3. The standard InChI is InChI=1S/C21H22ClN3O3/c1-14(2)11-12-24-20(27)15-7-3-6-10-18(15)25(21(24)28)13-19(26)23-17-9-5-4-8-16(17)22/h3-10,14H,11-13H2,1-2H3,(H,23,26). The van der Waals surface area contributed by atoms with Gasteiger partial charge in [-0.05, 0) is 36.6 Å². The van der Waals surface area contributed by atoms with Gasteiger partial charge >= 0.3 is 5.69 Å². The lowest BCUT2D eigenvalue weighted by Crippen LogP contribution is -2.42. The van der Waals surface area contributed by atoms with Crippen molar-refractivity contribution in [2.75, 3.05) is 5.32 Å². The second kappa shape index (κ2) is 8.44. The van der Waals surface area contributed by atoms with Crippen LogP contribution in [0.3, 0.4) is 0 Å². The summed E-state index contributed by atoms with van der Waals surface area (Å²) in [5.41, 5.74) is 0.0925. The average Bonchev–Trinajstić information content (AvgIpc) is 2.67. The Balaban J connectivity index is 2.02. The molecule has 0 fully saturated rings. The van der Waals surface area contributed by atoms with Crippen molar-refractivity contribution in [3.05, 3.63) is 74.4 Å². The molecule has 0 aliphatic heterocycles. The van der Waals surface area contributed by atoms with Crippen molar-refractivity contribution in [1.82, 2.24) is 9.13 Å².